The van der Waals surface area contributed by atoms with E-state index in [1.165, 1.54) is 0 Å². The smallest absolute Gasteiger partial charge is 0.410 e. The van der Waals surface area contributed by atoms with Crippen molar-refractivity contribution < 1.29 is 14.3 Å². The van der Waals surface area contributed by atoms with Crippen molar-refractivity contribution in [1.82, 2.24) is 20.1 Å². The summed E-state index contributed by atoms with van der Waals surface area (Å²) in [6, 6.07) is 3.32. The van der Waals surface area contributed by atoms with Gasteiger partial charge in [-0.05, 0) is 32.9 Å². The van der Waals surface area contributed by atoms with Crippen LogP contribution >= 0.6 is 11.6 Å². The van der Waals surface area contributed by atoms with Gasteiger partial charge in [-0.2, -0.15) is 0 Å². The molecule has 25 heavy (non-hydrogen) atoms. The molecule has 0 unspecified atom stereocenters. The van der Waals surface area contributed by atoms with Crippen LogP contribution in [0, 0.1) is 0 Å². The lowest BCUT2D eigenvalue weighted by molar-refractivity contribution is 0.0147. The highest BCUT2D eigenvalue weighted by atomic mass is 35.5. The number of amides is 2. The molecule has 2 rings (SSSR count). The van der Waals surface area contributed by atoms with Gasteiger partial charge >= 0.3 is 6.09 Å². The molecular weight excluding hydrogens is 344 g/mol. The summed E-state index contributed by atoms with van der Waals surface area (Å²) in [5.41, 5.74) is -0.106. The minimum atomic E-state index is -0.480. The molecule has 1 aromatic rings. The molecule has 0 saturated carbocycles. The molecule has 0 aliphatic carbocycles. The Balaban J connectivity index is 1.70. The van der Waals surface area contributed by atoms with Crippen LogP contribution in [0.5, 0.6) is 0 Å². The van der Waals surface area contributed by atoms with Gasteiger partial charge < -0.3 is 15.0 Å². The number of carbonyl (C=O) groups excluding carboxylic acids is 2. The molecule has 138 valence electrons. The molecule has 7 nitrogen and oxygen atoms in total. The summed E-state index contributed by atoms with van der Waals surface area (Å²) in [7, 11) is 0. The summed E-state index contributed by atoms with van der Waals surface area (Å²) >= 11 is 5.91. The molecule has 1 aliphatic rings. The van der Waals surface area contributed by atoms with Crippen LogP contribution in [0.4, 0.5) is 4.79 Å². The van der Waals surface area contributed by atoms with Gasteiger partial charge in [-0.3, -0.25) is 9.69 Å². The summed E-state index contributed by atoms with van der Waals surface area (Å²) < 4.78 is 5.38. The Morgan fingerprint density at radius 2 is 1.96 bits per heavy atom. The van der Waals surface area contributed by atoms with E-state index < -0.39 is 5.60 Å². The summed E-state index contributed by atoms with van der Waals surface area (Å²) in [6.07, 6.45) is 1.27. The van der Waals surface area contributed by atoms with Crippen LogP contribution in [-0.4, -0.2) is 71.7 Å². The lowest BCUT2D eigenvalue weighted by atomic mass is 10.2. The van der Waals surface area contributed by atoms with E-state index in [2.05, 4.69) is 15.2 Å². The molecule has 0 spiro atoms. The van der Waals surface area contributed by atoms with E-state index in [4.69, 9.17) is 16.3 Å². The molecular formula is C17H25ClN4O3. The Labute approximate surface area is 153 Å². The fourth-order valence-corrected chi connectivity index (χ4v) is 2.66. The van der Waals surface area contributed by atoms with Gasteiger partial charge in [0.1, 0.15) is 10.8 Å². The van der Waals surface area contributed by atoms with Crippen molar-refractivity contribution in [1.29, 1.82) is 0 Å². The standard InChI is InChI=1S/C17H25ClN4O3/c1-17(2,3)25-16(24)22-11-9-21(10-12-22)8-7-20-15(23)13-5-4-6-19-14(13)18/h4-6H,7-12H2,1-3H3,(H,20,23). The number of hydrogen-bond donors (Lipinski definition) is 1. The first-order valence-electron chi connectivity index (χ1n) is 8.35. The molecule has 1 N–H and O–H groups in total. The van der Waals surface area contributed by atoms with E-state index >= 15 is 0 Å². The van der Waals surface area contributed by atoms with Crippen molar-refractivity contribution in [2.24, 2.45) is 0 Å². The van der Waals surface area contributed by atoms with Gasteiger partial charge in [0.05, 0.1) is 5.56 Å². The van der Waals surface area contributed by atoms with Gasteiger partial charge in [-0.25, -0.2) is 9.78 Å². The zero-order valence-electron chi connectivity index (χ0n) is 14.9. The third kappa shape index (κ3) is 6.17. The molecule has 0 radical (unpaired) electrons. The molecule has 2 heterocycles. The van der Waals surface area contributed by atoms with E-state index in [0.29, 0.717) is 31.7 Å². The molecule has 0 aromatic carbocycles. The quantitative estimate of drug-likeness (QED) is 0.823. The third-order valence-electron chi connectivity index (χ3n) is 3.74. The summed E-state index contributed by atoms with van der Waals surface area (Å²) in [5.74, 6) is -0.231. The molecule has 8 heteroatoms. The monoisotopic (exact) mass is 368 g/mol. The highest BCUT2D eigenvalue weighted by Gasteiger charge is 2.25. The number of aromatic nitrogens is 1. The van der Waals surface area contributed by atoms with E-state index in [9.17, 15) is 9.59 Å². The van der Waals surface area contributed by atoms with Crippen molar-refractivity contribution in [2.45, 2.75) is 26.4 Å². The molecule has 1 aromatic heterocycles. The summed E-state index contributed by atoms with van der Waals surface area (Å²) in [6.45, 7) is 9.55. The summed E-state index contributed by atoms with van der Waals surface area (Å²) in [4.78, 5) is 31.9. The number of ether oxygens (including phenoxy) is 1. The maximum atomic E-state index is 12.1. The number of nitrogens with zero attached hydrogens (tertiary/aromatic N) is 3. The Bertz CT molecular complexity index is 610. The number of pyridine rings is 1. The highest BCUT2D eigenvalue weighted by molar-refractivity contribution is 6.32. The van der Waals surface area contributed by atoms with E-state index in [1.807, 2.05) is 20.8 Å². The Morgan fingerprint density at radius 1 is 1.28 bits per heavy atom. The van der Waals surface area contributed by atoms with Crippen LogP contribution in [0.3, 0.4) is 0 Å². The highest BCUT2D eigenvalue weighted by Crippen LogP contribution is 2.12. The van der Waals surface area contributed by atoms with Gasteiger partial charge in [0.25, 0.3) is 5.91 Å². The van der Waals surface area contributed by atoms with E-state index in [1.54, 1.807) is 23.2 Å². The number of rotatable bonds is 4. The van der Waals surface area contributed by atoms with Crippen molar-refractivity contribution in [2.75, 3.05) is 39.3 Å². The van der Waals surface area contributed by atoms with Crippen molar-refractivity contribution >= 4 is 23.6 Å². The third-order valence-corrected chi connectivity index (χ3v) is 4.04. The predicted molar refractivity (Wildman–Crippen MR) is 95.8 cm³/mol. The number of carbonyl (C=O) groups is 2. The maximum absolute atomic E-state index is 12.1. The van der Waals surface area contributed by atoms with Gasteiger partial charge in [0, 0.05) is 45.5 Å². The fraction of sp³-hybridized carbons (Fsp3) is 0.588. The van der Waals surface area contributed by atoms with Gasteiger partial charge in [-0.15, -0.1) is 0 Å². The number of piperazine rings is 1. The average molecular weight is 369 g/mol. The van der Waals surface area contributed by atoms with Gasteiger partial charge in [0.2, 0.25) is 0 Å². The molecule has 0 bridgehead atoms. The minimum Gasteiger partial charge on any atom is -0.444 e. The predicted octanol–water partition coefficient (Wildman–Crippen LogP) is 2.02. The maximum Gasteiger partial charge on any atom is 0.410 e. The molecule has 1 aliphatic heterocycles. The van der Waals surface area contributed by atoms with Crippen LogP contribution < -0.4 is 5.32 Å². The topological polar surface area (TPSA) is 74.8 Å². The van der Waals surface area contributed by atoms with Gasteiger partial charge in [0.15, 0.2) is 0 Å². The fourth-order valence-electron chi connectivity index (χ4n) is 2.46. The molecule has 2 amide bonds. The second kappa shape index (κ2) is 8.49. The lowest BCUT2D eigenvalue weighted by Gasteiger charge is -2.35. The SMILES string of the molecule is CC(C)(C)OC(=O)N1CCN(CCNC(=O)c2cccnc2Cl)CC1. The van der Waals surface area contributed by atoms with Crippen LogP contribution in [0.25, 0.3) is 0 Å². The number of hydrogen-bond acceptors (Lipinski definition) is 5. The van der Waals surface area contributed by atoms with Crippen LogP contribution in [0.1, 0.15) is 31.1 Å². The molecule has 1 fully saturated rings. The van der Waals surface area contributed by atoms with E-state index in [0.717, 1.165) is 13.1 Å². The second-order valence-electron chi connectivity index (χ2n) is 6.91. The van der Waals surface area contributed by atoms with Crippen LogP contribution in [0.2, 0.25) is 5.15 Å². The Kier molecular flexibility index (Phi) is 6.61. The zero-order valence-corrected chi connectivity index (χ0v) is 15.7. The van der Waals surface area contributed by atoms with Crippen molar-refractivity contribution in [3.63, 3.8) is 0 Å². The van der Waals surface area contributed by atoms with Crippen molar-refractivity contribution in [3.05, 3.63) is 29.0 Å². The van der Waals surface area contributed by atoms with Crippen molar-refractivity contribution in [3.8, 4) is 0 Å². The molecule has 0 atom stereocenters. The zero-order chi connectivity index (χ0) is 18.4. The minimum absolute atomic E-state index is 0.200. The first-order valence-corrected chi connectivity index (χ1v) is 8.73. The number of halogens is 1. The van der Waals surface area contributed by atoms with Gasteiger partial charge in [-0.1, -0.05) is 11.6 Å². The Hall–Kier alpha value is -1.86. The second-order valence-corrected chi connectivity index (χ2v) is 7.26. The number of nitrogens with one attached hydrogen (secondary N) is 1. The van der Waals surface area contributed by atoms with E-state index in [-0.39, 0.29) is 17.2 Å². The van der Waals surface area contributed by atoms with Crippen LogP contribution in [-0.2, 0) is 4.74 Å². The summed E-state index contributed by atoms with van der Waals surface area (Å²) in [5, 5.41) is 3.04. The van der Waals surface area contributed by atoms with Crippen LogP contribution in [0.15, 0.2) is 18.3 Å². The largest absolute Gasteiger partial charge is 0.444 e. The lowest BCUT2D eigenvalue weighted by Crippen LogP contribution is -2.51. The normalized spacial score (nSPS) is 15.8. The first kappa shape index (κ1) is 19.5. The molecule has 1 saturated heterocycles. The average Bonchev–Trinajstić information content (AvgIpc) is 2.54. The first-order chi connectivity index (χ1) is 11.8. The Morgan fingerprint density at radius 3 is 2.56 bits per heavy atom.